The molecule has 0 bridgehead atoms. The molecule has 1 atom stereocenters. The van der Waals surface area contributed by atoms with E-state index < -0.39 is 23.8 Å². The van der Waals surface area contributed by atoms with Gasteiger partial charge in [-0.3, -0.25) is 4.79 Å². The van der Waals surface area contributed by atoms with E-state index in [0.717, 1.165) is 12.1 Å². The summed E-state index contributed by atoms with van der Waals surface area (Å²) in [6, 6.07) is 7.75. The molecule has 2 aromatic carbocycles. The lowest BCUT2D eigenvalue weighted by Crippen LogP contribution is -2.40. The molecule has 0 radical (unpaired) electrons. The zero-order chi connectivity index (χ0) is 20.7. The lowest BCUT2D eigenvalue weighted by molar-refractivity contribution is -0.144. The summed E-state index contributed by atoms with van der Waals surface area (Å²) in [5, 5.41) is 11.8. The van der Waals surface area contributed by atoms with Crippen molar-refractivity contribution in [3.05, 3.63) is 47.8 Å². The molecule has 1 unspecified atom stereocenters. The van der Waals surface area contributed by atoms with E-state index in [4.69, 9.17) is 18.9 Å². The monoisotopic (exact) mass is 393 g/mol. The number of hydrogen-bond acceptors (Lipinski definition) is 6. The molecule has 0 saturated heterocycles. The molecule has 9 heteroatoms. The van der Waals surface area contributed by atoms with Gasteiger partial charge in [0.1, 0.15) is 11.6 Å². The van der Waals surface area contributed by atoms with Gasteiger partial charge < -0.3 is 29.4 Å². The number of carboxylic acid groups (broad SMARTS) is 1. The number of halogens is 1. The van der Waals surface area contributed by atoms with E-state index in [1.165, 1.54) is 45.6 Å². The van der Waals surface area contributed by atoms with E-state index in [-0.39, 0.29) is 29.4 Å². The van der Waals surface area contributed by atoms with Crippen molar-refractivity contribution in [2.24, 2.45) is 0 Å². The third-order valence-corrected chi connectivity index (χ3v) is 3.74. The normalized spacial score (nSPS) is 11.3. The minimum Gasteiger partial charge on any atom is -0.493 e. The summed E-state index contributed by atoms with van der Waals surface area (Å²) in [6.07, 6.45) is -1.36. The number of aliphatic carboxylic acids is 1. The fraction of sp³-hybridized carbons (Fsp3) is 0.263. The van der Waals surface area contributed by atoms with Gasteiger partial charge in [-0.25, -0.2) is 9.18 Å². The van der Waals surface area contributed by atoms with E-state index >= 15 is 0 Å². The number of rotatable bonds is 9. The Morgan fingerprint density at radius 1 is 1.04 bits per heavy atom. The fourth-order valence-electron chi connectivity index (χ4n) is 2.36. The van der Waals surface area contributed by atoms with Crippen LogP contribution in [0.5, 0.6) is 23.0 Å². The summed E-state index contributed by atoms with van der Waals surface area (Å²) < 4.78 is 33.8. The van der Waals surface area contributed by atoms with E-state index in [1.807, 2.05) is 0 Å². The summed E-state index contributed by atoms with van der Waals surface area (Å²) in [4.78, 5) is 23.8. The van der Waals surface area contributed by atoms with Gasteiger partial charge in [0.15, 0.2) is 11.5 Å². The molecule has 0 heterocycles. The van der Waals surface area contributed by atoms with Gasteiger partial charge in [0.25, 0.3) is 5.91 Å². The van der Waals surface area contributed by atoms with Crippen LogP contribution in [0.4, 0.5) is 4.39 Å². The molecule has 0 fully saturated rings. The van der Waals surface area contributed by atoms with Crippen LogP contribution in [0, 0.1) is 5.82 Å². The largest absolute Gasteiger partial charge is 0.493 e. The SMILES string of the molecule is COc1cc(C(=O)NCC(Oc2ccc(F)cc2)C(=O)O)cc(OC)c1OC. The number of ether oxygens (including phenoxy) is 4. The number of amides is 1. The van der Waals surface area contributed by atoms with Gasteiger partial charge in [-0.2, -0.15) is 0 Å². The highest BCUT2D eigenvalue weighted by Gasteiger charge is 2.22. The molecular weight excluding hydrogens is 373 g/mol. The Balaban J connectivity index is 2.12. The number of carbonyl (C=O) groups is 2. The van der Waals surface area contributed by atoms with Crippen molar-refractivity contribution in [1.29, 1.82) is 0 Å². The Bertz CT molecular complexity index is 814. The third-order valence-electron chi connectivity index (χ3n) is 3.74. The van der Waals surface area contributed by atoms with Gasteiger partial charge in [-0.15, -0.1) is 0 Å². The third kappa shape index (κ3) is 5.03. The van der Waals surface area contributed by atoms with Crippen molar-refractivity contribution in [3.63, 3.8) is 0 Å². The molecule has 8 nitrogen and oxygen atoms in total. The highest BCUT2D eigenvalue weighted by Crippen LogP contribution is 2.38. The first-order chi connectivity index (χ1) is 13.4. The topological polar surface area (TPSA) is 103 Å². The van der Waals surface area contributed by atoms with Crippen LogP contribution < -0.4 is 24.3 Å². The van der Waals surface area contributed by atoms with Crippen molar-refractivity contribution >= 4 is 11.9 Å². The van der Waals surface area contributed by atoms with E-state index in [1.54, 1.807) is 0 Å². The molecule has 0 spiro atoms. The summed E-state index contributed by atoms with van der Waals surface area (Å²) >= 11 is 0. The average Bonchev–Trinajstić information content (AvgIpc) is 2.70. The molecule has 0 aliphatic heterocycles. The highest BCUT2D eigenvalue weighted by molar-refractivity contribution is 5.96. The Morgan fingerprint density at radius 3 is 2.07 bits per heavy atom. The first-order valence-corrected chi connectivity index (χ1v) is 8.12. The number of methoxy groups -OCH3 is 3. The Labute approximate surface area is 160 Å². The van der Waals surface area contributed by atoms with Crippen molar-refractivity contribution in [3.8, 4) is 23.0 Å². The molecule has 2 aromatic rings. The molecule has 0 saturated carbocycles. The quantitative estimate of drug-likeness (QED) is 0.673. The van der Waals surface area contributed by atoms with Crippen LogP contribution in [0.3, 0.4) is 0 Å². The van der Waals surface area contributed by atoms with Crippen molar-refractivity contribution in [2.45, 2.75) is 6.10 Å². The van der Waals surface area contributed by atoms with Crippen LogP contribution in [0.2, 0.25) is 0 Å². The Morgan fingerprint density at radius 2 is 1.61 bits per heavy atom. The van der Waals surface area contributed by atoms with Gasteiger partial charge in [-0.05, 0) is 36.4 Å². The summed E-state index contributed by atoms with van der Waals surface area (Å²) in [5.74, 6) is -1.27. The number of carboxylic acids is 1. The minimum atomic E-state index is -1.36. The van der Waals surface area contributed by atoms with Crippen LogP contribution in [-0.2, 0) is 4.79 Å². The van der Waals surface area contributed by atoms with Gasteiger partial charge in [0.2, 0.25) is 11.9 Å². The van der Waals surface area contributed by atoms with E-state index in [9.17, 15) is 19.1 Å². The molecule has 28 heavy (non-hydrogen) atoms. The Kier molecular flexibility index (Phi) is 7.02. The van der Waals surface area contributed by atoms with Gasteiger partial charge in [0.05, 0.1) is 27.9 Å². The first-order valence-electron chi connectivity index (χ1n) is 8.12. The average molecular weight is 393 g/mol. The Hall–Kier alpha value is -3.49. The molecular formula is C19H20FNO7. The smallest absolute Gasteiger partial charge is 0.346 e. The predicted molar refractivity (Wildman–Crippen MR) is 96.9 cm³/mol. The summed E-state index contributed by atoms with van der Waals surface area (Å²) in [6.45, 7) is -0.317. The molecule has 2 rings (SSSR count). The van der Waals surface area contributed by atoms with Crippen LogP contribution in [-0.4, -0.2) is 51.0 Å². The zero-order valence-electron chi connectivity index (χ0n) is 15.5. The van der Waals surface area contributed by atoms with Gasteiger partial charge >= 0.3 is 5.97 Å². The highest BCUT2D eigenvalue weighted by atomic mass is 19.1. The molecule has 0 aromatic heterocycles. The molecule has 0 aliphatic carbocycles. The second kappa shape index (κ2) is 9.45. The lowest BCUT2D eigenvalue weighted by Gasteiger charge is -2.17. The second-order valence-corrected chi connectivity index (χ2v) is 5.52. The number of hydrogen-bond donors (Lipinski definition) is 2. The number of carbonyl (C=O) groups excluding carboxylic acids is 1. The minimum absolute atomic E-state index is 0.163. The van der Waals surface area contributed by atoms with Crippen molar-refractivity contribution < 1.29 is 38.0 Å². The maximum Gasteiger partial charge on any atom is 0.346 e. The van der Waals surface area contributed by atoms with E-state index in [0.29, 0.717) is 5.75 Å². The van der Waals surface area contributed by atoms with Crippen LogP contribution in [0.1, 0.15) is 10.4 Å². The van der Waals surface area contributed by atoms with Gasteiger partial charge in [0, 0.05) is 5.56 Å². The van der Waals surface area contributed by atoms with Gasteiger partial charge in [-0.1, -0.05) is 0 Å². The summed E-state index contributed by atoms with van der Waals surface area (Å²) in [7, 11) is 4.26. The predicted octanol–water partition coefficient (Wildman–Crippen LogP) is 2.11. The number of nitrogens with one attached hydrogen (secondary N) is 1. The summed E-state index contributed by atoms with van der Waals surface area (Å²) in [5.41, 5.74) is 0.181. The van der Waals surface area contributed by atoms with Crippen molar-refractivity contribution in [1.82, 2.24) is 5.32 Å². The molecule has 1 amide bonds. The van der Waals surface area contributed by atoms with Crippen LogP contribution in [0.25, 0.3) is 0 Å². The van der Waals surface area contributed by atoms with Crippen LogP contribution in [0.15, 0.2) is 36.4 Å². The zero-order valence-corrected chi connectivity index (χ0v) is 15.5. The maximum atomic E-state index is 12.9. The van der Waals surface area contributed by atoms with E-state index in [2.05, 4.69) is 5.32 Å². The first kappa shape index (κ1) is 20.8. The molecule has 2 N–H and O–H groups in total. The molecule has 0 aliphatic rings. The fourth-order valence-corrected chi connectivity index (χ4v) is 2.36. The van der Waals surface area contributed by atoms with Crippen LogP contribution >= 0.6 is 0 Å². The van der Waals surface area contributed by atoms with Crippen molar-refractivity contribution in [2.75, 3.05) is 27.9 Å². The lowest BCUT2D eigenvalue weighted by atomic mass is 10.1. The second-order valence-electron chi connectivity index (χ2n) is 5.52. The number of benzene rings is 2. The maximum absolute atomic E-state index is 12.9. The standard InChI is InChI=1S/C19H20FNO7/c1-25-14-8-11(9-15(26-2)17(14)27-3)18(22)21-10-16(19(23)24)28-13-6-4-12(20)5-7-13/h4-9,16H,10H2,1-3H3,(H,21,22)(H,23,24). The molecule has 150 valence electrons.